The van der Waals surface area contributed by atoms with Crippen molar-refractivity contribution in [2.75, 3.05) is 19.7 Å². The summed E-state index contributed by atoms with van der Waals surface area (Å²) in [4.78, 5) is 2.32. The first-order chi connectivity index (χ1) is 8.77. The third-order valence-electron chi connectivity index (χ3n) is 3.69. The molecule has 0 saturated heterocycles. The number of fused-ring (bicyclic) bond motifs is 1. The molecule has 2 rings (SSSR count). The van der Waals surface area contributed by atoms with Crippen molar-refractivity contribution in [3.8, 4) is 5.75 Å². The minimum atomic E-state index is -0.438. The zero-order valence-corrected chi connectivity index (χ0v) is 11.3. The average molecular weight is 249 g/mol. The lowest BCUT2D eigenvalue weighted by Crippen LogP contribution is -2.46. The molecule has 3 heteroatoms. The Hall–Kier alpha value is -1.06. The molecular weight excluding hydrogens is 226 g/mol. The van der Waals surface area contributed by atoms with Crippen molar-refractivity contribution in [3.63, 3.8) is 0 Å². The Bertz CT molecular complexity index is 381. The van der Waals surface area contributed by atoms with Gasteiger partial charge in [0.25, 0.3) is 0 Å². The molecule has 18 heavy (non-hydrogen) atoms. The lowest BCUT2D eigenvalue weighted by atomic mass is 9.97. The second-order valence-electron chi connectivity index (χ2n) is 4.84. The monoisotopic (exact) mass is 249 g/mol. The Balaban J connectivity index is 2.12. The normalized spacial score (nSPS) is 22.7. The number of likely N-dealkylation sites (N-methyl/N-ethyl adjacent to an activating group) is 1. The van der Waals surface area contributed by atoms with E-state index in [1.165, 1.54) is 12.8 Å². The number of benzene rings is 1. The molecule has 1 aromatic carbocycles. The molecule has 0 spiro atoms. The summed E-state index contributed by atoms with van der Waals surface area (Å²) in [5, 5.41) is 10.5. The average Bonchev–Trinajstić information content (AvgIpc) is 2.42. The Morgan fingerprint density at radius 1 is 1.33 bits per heavy atom. The van der Waals surface area contributed by atoms with Crippen LogP contribution in [-0.4, -0.2) is 35.7 Å². The van der Waals surface area contributed by atoms with E-state index in [9.17, 15) is 5.11 Å². The standard InChI is InChI=1S/C15H23NO2/c1-3-5-10-16(4-2)13-11-18-14-9-7-6-8-12(14)15(13)17/h6-9,13,15,17H,3-5,10-11H2,1-2H3. The van der Waals surface area contributed by atoms with E-state index in [0.29, 0.717) is 6.61 Å². The molecule has 1 heterocycles. The van der Waals surface area contributed by atoms with Crippen LogP contribution in [0.25, 0.3) is 0 Å². The summed E-state index contributed by atoms with van der Waals surface area (Å²) in [6.45, 7) is 6.89. The summed E-state index contributed by atoms with van der Waals surface area (Å²) in [7, 11) is 0. The maximum atomic E-state index is 10.5. The van der Waals surface area contributed by atoms with Crippen LogP contribution in [0, 0.1) is 0 Å². The molecule has 1 aliphatic heterocycles. The van der Waals surface area contributed by atoms with Gasteiger partial charge < -0.3 is 9.84 Å². The summed E-state index contributed by atoms with van der Waals surface area (Å²) >= 11 is 0. The topological polar surface area (TPSA) is 32.7 Å². The molecule has 0 amide bonds. The summed E-state index contributed by atoms with van der Waals surface area (Å²) in [5.74, 6) is 0.827. The number of para-hydroxylation sites is 1. The van der Waals surface area contributed by atoms with Gasteiger partial charge in [0.05, 0.1) is 6.04 Å². The van der Waals surface area contributed by atoms with E-state index in [1.54, 1.807) is 0 Å². The Morgan fingerprint density at radius 2 is 2.11 bits per heavy atom. The fourth-order valence-corrected chi connectivity index (χ4v) is 2.55. The molecular formula is C15H23NO2. The third kappa shape index (κ3) is 2.68. The molecule has 0 fully saturated rings. The van der Waals surface area contributed by atoms with Gasteiger partial charge in [-0.2, -0.15) is 0 Å². The molecule has 3 nitrogen and oxygen atoms in total. The van der Waals surface area contributed by atoms with Gasteiger partial charge in [-0.05, 0) is 25.6 Å². The maximum Gasteiger partial charge on any atom is 0.125 e. The van der Waals surface area contributed by atoms with Crippen LogP contribution in [0.15, 0.2) is 24.3 Å². The lowest BCUT2D eigenvalue weighted by Gasteiger charge is -2.37. The molecule has 2 unspecified atom stereocenters. The highest BCUT2D eigenvalue weighted by molar-refractivity contribution is 5.37. The van der Waals surface area contributed by atoms with Crippen molar-refractivity contribution in [2.24, 2.45) is 0 Å². The SMILES string of the molecule is CCCCN(CC)C1COc2ccccc2C1O. The molecule has 1 aromatic rings. The van der Waals surface area contributed by atoms with E-state index < -0.39 is 6.10 Å². The van der Waals surface area contributed by atoms with Gasteiger partial charge in [-0.3, -0.25) is 4.90 Å². The van der Waals surface area contributed by atoms with Gasteiger partial charge in [0.1, 0.15) is 18.5 Å². The molecule has 0 aromatic heterocycles. The number of hydrogen-bond donors (Lipinski definition) is 1. The first-order valence-corrected chi connectivity index (χ1v) is 6.91. The molecule has 0 bridgehead atoms. The summed E-state index contributed by atoms with van der Waals surface area (Å²) in [6.07, 6.45) is 1.90. The second kappa shape index (κ2) is 6.21. The van der Waals surface area contributed by atoms with Crippen LogP contribution in [-0.2, 0) is 0 Å². The summed E-state index contributed by atoms with van der Waals surface area (Å²) in [6, 6.07) is 7.87. The van der Waals surface area contributed by atoms with Gasteiger partial charge in [0.2, 0.25) is 0 Å². The van der Waals surface area contributed by atoms with Crippen molar-refractivity contribution in [3.05, 3.63) is 29.8 Å². The highest BCUT2D eigenvalue weighted by atomic mass is 16.5. The largest absolute Gasteiger partial charge is 0.491 e. The highest BCUT2D eigenvalue weighted by Gasteiger charge is 2.32. The number of nitrogens with zero attached hydrogens (tertiary/aromatic N) is 1. The van der Waals surface area contributed by atoms with Crippen molar-refractivity contribution in [1.82, 2.24) is 4.90 Å². The molecule has 0 radical (unpaired) electrons. The fourth-order valence-electron chi connectivity index (χ4n) is 2.55. The lowest BCUT2D eigenvalue weighted by molar-refractivity contribution is 0.00504. The van der Waals surface area contributed by atoms with Crippen LogP contribution in [0.3, 0.4) is 0 Å². The number of ether oxygens (including phenoxy) is 1. The van der Waals surface area contributed by atoms with E-state index in [-0.39, 0.29) is 6.04 Å². The van der Waals surface area contributed by atoms with Crippen molar-refractivity contribution < 1.29 is 9.84 Å². The molecule has 0 aliphatic carbocycles. The summed E-state index contributed by atoms with van der Waals surface area (Å²) < 4.78 is 5.77. The van der Waals surface area contributed by atoms with Gasteiger partial charge in [-0.1, -0.05) is 38.5 Å². The molecule has 1 N–H and O–H groups in total. The van der Waals surface area contributed by atoms with E-state index in [4.69, 9.17) is 4.74 Å². The third-order valence-corrected chi connectivity index (χ3v) is 3.69. The number of rotatable bonds is 5. The van der Waals surface area contributed by atoms with Crippen LogP contribution in [0.4, 0.5) is 0 Å². The van der Waals surface area contributed by atoms with Gasteiger partial charge in [0.15, 0.2) is 0 Å². The zero-order chi connectivity index (χ0) is 13.0. The van der Waals surface area contributed by atoms with E-state index in [0.717, 1.165) is 24.4 Å². The van der Waals surface area contributed by atoms with Gasteiger partial charge in [-0.15, -0.1) is 0 Å². The maximum absolute atomic E-state index is 10.5. The molecule has 0 saturated carbocycles. The van der Waals surface area contributed by atoms with Crippen LogP contribution in [0.2, 0.25) is 0 Å². The Morgan fingerprint density at radius 3 is 2.83 bits per heavy atom. The minimum Gasteiger partial charge on any atom is -0.491 e. The van der Waals surface area contributed by atoms with Crippen LogP contribution >= 0.6 is 0 Å². The second-order valence-corrected chi connectivity index (χ2v) is 4.84. The number of unbranched alkanes of at least 4 members (excludes halogenated alkanes) is 1. The van der Waals surface area contributed by atoms with Crippen LogP contribution < -0.4 is 4.74 Å². The van der Waals surface area contributed by atoms with Crippen LogP contribution in [0.1, 0.15) is 38.4 Å². The van der Waals surface area contributed by atoms with Crippen LogP contribution in [0.5, 0.6) is 5.75 Å². The van der Waals surface area contributed by atoms with E-state index in [1.807, 2.05) is 24.3 Å². The van der Waals surface area contributed by atoms with Gasteiger partial charge in [-0.25, -0.2) is 0 Å². The first-order valence-electron chi connectivity index (χ1n) is 6.91. The minimum absolute atomic E-state index is 0.0800. The number of aliphatic hydroxyl groups is 1. The molecule has 1 aliphatic rings. The predicted molar refractivity (Wildman–Crippen MR) is 72.8 cm³/mol. The smallest absolute Gasteiger partial charge is 0.125 e. The quantitative estimate of drug-likeness (QED) is 0.870. The molecule has 100 valence electrons. The van der Waals surface area contributed by atoms with E-state index >= 15 is 0 Å². The van der Waals surface area contributed by atoms with Crippen molar-refractivity contribution in [2.45, 2.75) is 38.8 Å². The van der Waals surface area contributed by atoms with Crippen molar-refractivity contribution >= 4 is 0 Å². The van der Waals surface area contributed by atoms with E-state index in [2.05, 4.69) is 18.7 Å². The Kier molecular flexibility index (Phi) is 4.61. The highest BCUT2D eigenvalue weighted by Crippen LogP contribution is 2.33. The van der Waals surface area contributed by atoms with Gasteiger partial charge >= 0.3 is 0 Å². The number of aliphatic hydroxyl groups excluding tert-OH is 1. The first kappa shape index (κ1) is 13.4. The Labute approximate surface area is 109 Å². The predicted octanol–water partition coefficient (Wildman–Crippen LogP) is 2.60. The summed E-state index contributed by atoms with van der Waals surface area (Å²) in [5.41, 5.74) is 0.920. The van der Waals surface area contributed by atoms with Crippen molar-refractivity contribution in [1.29, 1.82) is 0 Å². The van der Waals surface area contributed by atoms with Gasteiger partial charge in [0, 0.05) is 5.56 Å². The number of hydrogen-bond acceptors (Lipinski definition) is 3. The fraction of sp³-hybridized carbons (Fsp3) is 0.600. The molecule has 2 atom stereocenters. The zero-order valence-electron chi connectivity index (χ0n) is 11.3.